The van der Waals surface area contributed by atoms with E-state index in [1.165, 1.54) is 14.2 Å². The summed E-state index contributed by atoms with van der Waals surface area (Å²) < 4.78 is 9.52. The molecule has 1 unspecified atom stereocenters. The third kappa shape index (κ3) is 7.17. The molecule has 3 aliphatic heterocycles. The number of hydrogen-bond donors (Lipinski definition) is 5. The van der Waals surface area contributed by atoms with E-state index >= 15 is 0 Å². The second kappa shape index (κ2) is 15.8. The molecule has 4 amide bonds. The Labute approximate surface area is 335 Å². The monoisotopic (exact) mass is 786 g/mol. The minimum absolute atomic E-state index is 0.0255. The quantitative estimate of drug-likeness (QED) is 0.120. The Morgan fingerprint density at radius 1 is 0.828 bits per heavy atom. The molecule has 58 heavy (non-hydrogen) atoms. The van der Waals surface area contributed by atoms with Crippen LogP contribution in [0.3, 0.4) is 0 Å². The van der Waals surface area contributed by atoms with Crippen molar-refractivity contribution in [2.24, 2.45) is 5.92 Å². The highest BCUT2D eigenvalue weighted by Crippen LogP contribution is 2.47. The lowest BCUT2D eigenvalue weighted by Gasteiger charge is -2.30. The molecule has 3 aromatic carbocycles. The number of anilines is 1. The lowest BCUT2D eigenvalue weighted by molar-refractivity contribution is -0.135. The fourth-order valence-electron chi connectivity index (χ4n) is 8.40. The predicted molar refractivity (Wildman–Crippen MR) is 214 cm³/mol. The summed E-state index contributed by atoms with van der Waals surface area (Å²) in [5, 5.41) is 16.3. The fraction of sp³-hybridized carbons (Fsp3) is 0.349. The molecular weight excluding hydrogens is 741 g/mol. The minimum Gasteiger partial charge on any atom is -0.453 e. The first-order valence-electron chi connectivity index (χ1n) is 19.5. The first-order chi connectivity index (χ1) is 28.0. The molecule has 15 heteroatoms. The van der Waals surface area contributed by atoms with Gasteiger partial charge in [-0.3, -0.25) is 14.5 Å². The van der Waals surface area contributed by atoms with Crippen LogP contribution in [-0.2, 0) is 25.5 Å². The summed E-state index contributed by atoms with van der Waals surface area (Å²) in [5.74, 6) is 0.710. The van der Waals surface area contributed by atoms with Gasteiger partial charge in [-0.1, -0.05) is 80.6 Å². The van der Waals surface area contributed by atoms with Crippen molar-refractivity contribution in [2.45, 2.75) is 69.8 Å². The Balaban J connectivity index is 0.957. The number of amides is 4. The van der Waals surface area contributed by atoms with E-state index < -0.39 is 36.4 Å². The van der Waals surface area contributed by atoms with Gasteiger partial charge in [-0.2, -0.15) is 0 Å². The van der Waals surface area contributed by atoms with Gasteiger partial charge in [0.2, 0.25) is 5.91 Å². The summed E-state index contributed by atoms with van der Waals surface area (Å²) in [6, 6.07) is 19.6. The summed E-state index contributed by atoms with van der Waals surface area (Å²) in [6.45, 7) is 4.37. The van der Waals surface area contributed by atoms with Crippen LogP contribution in [0.4, 0.5) is 15.3 Å². The zero-order valence-electron chi connectivity index (χ0n) is 32.7. The summed E-state index contributed by atoms with van der Waals surface area (Å²) in [4.78, 5) is 71.3. The molecule has 0 spiro atoms. The van der Waals surface area contributed by atoms with E-state index in [1.54, 1.807) is 22.2 Å². The molecule has 5 N–H and O–H groups in total. The van der Waals surface area contributed by atoms with Gasteiger partial charge in [-0.25, -0.2) is 19.6 Å². The standard InChI is InChI=1S/C43H46N8O7/c1-23(2)36(49-43(56)58-4)41(54)50-18-6-9-33(50)38-44-21-31(46-38)26-14-10-24(11-15-26)25-12-16-27(17-13-25)32-22-45-39(47-32)34-19-28-7-5-8-29-35(52)20-30(48-42(55)57-3)40(53)51(34)37(28)29/h5,7-8,10-17,21-23,30,33-36,52H,6,9,18-20H2,1-4H3,(H,44,46)(H,45,47)(H,48,55)(H,49,56)/t30-,33-,34-,35?,36-/m0/s1. The highest BCUT2D eigenvalue weighted by Gasteiger charge is 2.45. The largest absolute Gasteiger partial charge is 0.453 e. The van der Waals surface area contributed by atoms with Crippen LogP contribution in [0.25, 0.3) is 33.6 Å². The summed E-state index contributed by atoms with van der Waals surface area (Å²) >= 11 is 0. The van der Waals surface area contributed by atoms with Crippen molar-refractivity contribution in [3.63, 3.8) is 0 Å². The topological polar surface area (TPSA) is 195 Å². The number of aromatic nitrogens is 4. The van der Waals surface area contributed by atoms with E-state index in [0.29, 0.717) is 35.9 Å². The van der Waals surface area contributed by atoms with Gasteiger partial charge in [0.15, 0.2) is 0 Å². The van der Waals surface area contributed by atoms with Gasteiger partial charge in [-0.05, 0) is 46.6 Å². The Morgan fingerprint density at radius 3 is 2.00 bits per heavy atom. The lowest BCUT2D eigenvalue weighted by atomic mass is 9.99. The van der Waals surface area contributed by atoms with Crippen LogP contribution in [0, 0.1) is 5.92 Å². The Hall–Kier alpha value is -6.48. The van der Waals surface area contributed by atoms with Crippen molar-refractivity contribution in [1.82, 2.24) is 35.5 Å². The number of aromatic amines is 2. The number of hydrogen-bond acceptors (Lipinski definition) is 9. The van der Waals surface area contributed by atoms with Gasteiger partial charge in [0.25, 0.3) is 5.91 Å². The normalized spacial score (nSPS) is 20.4. The summed E-state index contributed by atoms with van der Waals surface area (Å²) in [5.41, 5.74) is 7.79. The van der Waals surface area contributed by atoms with Gasteiger partial charge in [0.05, 0.1) is 61.9 Å². The van der Waals surface area contributed by atoms with Crippen LogP contribution < -0.4 is 15.5 Å². The average Bonchev–Trinajstić information content (AvgIpc) is 4.07. The van der Waals surface area contributed by atoms with Crippen LogP contribution in [0.5, 0.6) is 0 Å². The average molecular weight is 787 g/mol. The number of ether oxygens (including phenoxy) is 2. The Bertz CT molecular complexity index is 2340. The molecular formula is C43H46N8O7. The lowest BCUT2D eigenvalue weighted by Crippen LogP contribution is -2.51. The molecule has 5 atom stereocenters. The van der Waals surface area contributed by atoms with E-state index in [-0.39, 0.29) is 30.2 Å². The van der Waals surface area contributed by atoms with Crippen molar-refractivity contribution in [3.05, 3.63) is 102 Å². The molecule has 5 heterocycles. The Morgan fingerprint density at radius 2 is 1.41 bits per heavy atom. The number of imidazole rings is 2. The number of nitrogens with one attached hydrogen (secondary N) is 4. The van der Waals surface area contributed by atoms with E-state index in [1.807, 2.05) is 68.4 Å². The van der Waals surface area contributed by atoms with Crippen molar-refractivity contribution in [1.29, 1.82) is 0 Å². The highest BCUT2D eigenvalue weighted by molar-refractivity contribution is 6.02. The molecule has 1 fully saturated rings. The number of H-pyrrole nitrogens is 2. The maximum absolute atomic E-state index is 13.9. The zero-order chi connectivity index (χ0) is 40.7. The number of carbonyl (C=O) groups excluding carboxylic acids is 4. The number of likely N-dealkylation sites (tertiary alicyclic amines) is 1. The van der Waals surface area contributed by atoms with Crippen LogP contribution >= 0.6 is 0 Å². The third-order valence-electron chi connectivity index (χ3n) is 11.4. The number of alkyl carbamates (subject to hydrolysis) is 2. The molecule has 300 valence electrons. The molecule has 15 nitrogen and oxygen atoms in total. The number of aliphatic hydroxyl groups excluding tert-OH is 1. The maximum atomic E-state index is 13.9. The second-order valence-corrected chi connectivity index (χ2v) is 15.3. The first kappa shape index (κ1) is 38.4. The van der Waals surface area contributed by atoms with Crippen molar-refractivity contribution >= 4 is 29.7 Å². The van der Waals surface area contributed by atoms with Gasteiger partial charge >= 0.3 is 12.2 Å². The molecule has 0 saturated carbocycles. The molecule has 0 bridgehead atoms. The molecule has 5 aromatic rings. The van der Waals surface area contributed by atoms with Crippen molar-refractivity contribution < 1.29 is 33.8 Å². The minimum atomic E-state index is -0.974. The number of benzene rings is 3. The van der Waals surface area contributed by atoms with Crippen LogP contribution in [0.1, 0.15) is 74.1 Å². The number of methoxy groups -OCH3 is 2. The number of rotatable bonds is 9. The van der Waals surface area contributed by atoms with Crippen LogP contribution in [0.15, 0.2) is 79.1 Å². The Kier molecular flexibility index (Phi) is 10.5. The SMILES string of the molecule is COC(=O)N[C@H]1CC(O)c2cccc3c2N(C1=O)[C@H](c1ncc(-c2ccc(-c4ccc(-c5cnc([C@@H]6CCCN6C(=O)[C@@H](NC(=O)OC)C(C)C)[nH]5)cc4)cc2)[nH]1)C3. The number of aliphatic hydroxyl groups is 1. The van der Waals surface area contributed by atoms with E-state index in [9.17, 15) is 24.3 Å². The summed E-state index contributed by atoms with van der Waals surface area (Å²) in [7, 11) is 2.52. The molecule has 0 aliphatic carbocycles. The maximum Gasteiger partial charge on any atom is 0.407 e. The molecule has 8 rings (SSSR count). The van der Waals surface area contributed by atoms with Gasteiger partial charge in [0.1, 0.15) is 23.7 Å². The zero-order valence-corrected chi connectivity index (χ0v) is 32.7. The number of nitrogens with zero attached hydrogens (tertiary/aromatic N) is 4. The fourth-order valence-corrected chi connectivity index (χ4v) is 8.40. The predicted octanol–water partition coefficient (Wildman–Crippen LogP) is 5.97. The molecule has 1 saturated heterocycles. The highest BCUT2D eigenvalue weighted by atomic mass is 16.5. The van der Waals surface area contributed by atoms with E-state index in [0.717, 1.165) is 52.0 Å². The number of carbonyl (C=O) groups is 4. The molecule has 2 aromatic heterocycles. The van der Waals surface area contributed by atoms with Crippen LogP contribution in [-0.4, -0.2) is 86.8 Å². The van der Waals surface area contributed by atoms with Crippen LogP contribution in [0.2, 0.25) is 0 Å². The third-order valence-corrected chi connectivity index (χ3v) is 11.4. The van der Waals surface area contributed by atoms with Gasteiger partial charge in [-0.15, -0.1) is 0 Å². The van der Waals surface area contributed by atoms with Gasteiger partial charge < -0.3 is 40.1 Å². The van der Waals surface area contributed by atoms with Gasteiger partial charge in [0, 0.05) is 24.9 Å². The second-order valence-electron chi connectivity index (χ2n) is 15.3. The molecule has 0 radical (unpaired) electrons. The first-order valence-corrected chi connectivity index (χ1v) is 19.5. The molecule has 3 aliphatic rings. The van der Waals surface area contributed by atoms with Crippen molar-refractivity contribution in [2.75, 3.05) is 25.7 Å². The van der Waals surface area contributed by atoms with Crippen molar-refractivity contribution in [3.8, 4) is 33.6 Å². The van der Waals surface area contributed by atoms with E-state index in [2.05, 4.69) is 37.7 Å². The van der Waals surface area contributed by atoms with E-state index in [4.69, 9.17) is 14.5 Å². The smallest absolute Gasteiger partial charge is 0.407 e. The number of para-hydroxylation sites is 1. The summed E-state index contributed by atoms with van der Waals surface area (Å²) in [6.07, 6.45) is 3.36.